The number of aliphatic hydroxyl groups excluding tert-OH is 1. The van der Waals surface area contributed by atoms with E-state index in [1.54, 1.807) is 5.32 Å². The molecule has 0 bridgehead atoms. The van der Waals surface area contributed by atoms with Gasteiger partial charge >= 0.3 is 97.4 Å². The molecule has 1 aromatic carbocycles. The summed E-state index contributed by atoms with van der Waals surface area (Å²) in [4.78, 5) is 0. The molecule has 0 aromatic heterocycles. The molecule has 2 nitrogen and oxygen atoms in total. The summed E-state index contributed by atoms with van der Waals surface area (Å²) in [5, 5.41) is 10.4. The molecule has 0 saturated carbocycles. The minimum absolute atomic E-state index is 0.0290. The molecule has 0 aliphatic heterocycles. The molecule has 0 amide bonds. The second-order valence-corrected chi connectivity index (χ2v) is 3.30. The molecule has 0 heterocycles. The van der Waals surface area contributed by atoms with Crippen molar-refractivity contribution in [3.63, 3.8) is 0 Å². The summed E-state index contributed by atoms with van der Waals surface area (Å²) in [6.45, 7) is 0. The van der Waals surface area contributed by atoms with Gasteiger partial charge in [-0.15, -0.1) is 0 Å². The van der Waals surface area contributed by atoms with Crippen LogP contribution in [0, 0.1) is 0 Å². The van der Waals surface area contributed by atoms with Crippen molar-refractivity contribution >= 4 is 18.9 Å². The van der Waals surface area contributed by atoms with Crippen molar-refractivity contribution in [1.82, 2.24) is 0 Å². The van der Waals surface area contributed by atoms with Crippen LogP contribution < -0.4 is 5.32 Å². The first-order valence-corrected chi connectivity index (χ1v) is 4.38. The molecular formula is C9H5BF6NO. The molecule has 1 rings (SSSR count). The molecule has 97 valence electrons. The summed E-state index contributed by atoms with van der Waals surface area (Å²) in [6, 6.07) is 0.773. The molecule has 1 radical (unpaired) electrons. The standard InChI is InChI=1S/C9H5BF6NO/c10-7(18)17-6-2-4(8(11,12)13)1-5(3-6)9(14,15)16/h1-3,17-18H. The van der Waals surface area contributed by atoms with Crippen molar-refractivity contribution in [2.24, 2.45) is 0 Å². The number of anilines is 1. The third kappa shape index (κ3) is 3.68. The predicted molar refractivity (Wildman–Crippen MR) is 52.8 cm³/mol. The van der Waals surface area contributed by atoms with Crippen LogP contribution in [-0.4, -0.2) is 18.4 Å². The topological polar surface area (TPSA) is 32.3 Å². The number of hydrogen-bond donors (Lipinski definition) is 2. The van der Waals surface area contributed by atoms with E-state index >= 15 is 0 Å². The van der Waals surface area contributed by atoms with Crippen LogP contribution in [0.5, 0.6) is 0 Å². The van der Waals surface area contributed by atoms with Crippen molar-refractivity contribution in [3.8, 4) is 0 Å². The second-order valence-electron chi connectivity index (χ2n) is 3.30. The summed E-state index contributed by atoms with van der Waals surface area (Å²) in [6.07, 6.45) is -9.89. The third-order valence-electron chi connectivity index (χ3n) is 1.86. The summed E-state index contributed by atoms with van der Waals surface area (Å²) < 4.78 is 74.3. The normalized spacial score (nSPS) is 12.3. The van der Waals surface area contributed by atoms with Gasteiger partial charge in [0.15, 0.2) is 0 Å². The van der Waals surface area contributed by atoms with Gasteiger partial charge in [0.1, 0.15) is 0 Å². The molecule has 0 atom stereocenters. The Balaban J connectivity index is 3.34. The fraction of sp³-hybridized carbons (Fsp3) is 0.222. The van der Waals surface area contributed by atoms with Crippen LogP contribution in [0.25, 0.3) is 0 Å². The fourth-order valence-electron chi connectivity index (χ4n) is 1.17. The van der Waals surface area contributed by atoms with Crippen molar-refractivity contribution < 1.29 is 31.4 Å². The molecule has 2 N–H and O–H groups in total. The van der Waals surface area contributed by atoms with Gasteiger partial charge in [-0.3, -0.25) is 0 Å². The number of halogens is 6. The molecule has 0 aliphatic rings. The Labute approximate surface area is 98.3 Å². The van der Waals surface area contributed by atoms with Crippen LogP contribution in [0.15, 0.2) is 18.2 Å². The molecule has 1 aromatic rings. The van der Waals surface area contributed by atoms with Crippen LogP contribution in [0.1, 0.15) is 11.1 Å². The van der Waals surface area contributed by atoms with Gasteiger partial charge in [0.2, 0.25) is 0 Å². The van der Waals surface area contributed by atoms with Gasteiger partial charge in [0, 0.05) is 0 Å². The van der Waals surface area contributed by atoms with Crippen molar-refractivity contribution in [2.45, 2.75) is 12.4 Å². The Morgan fingerprint density at radius 3 is 1.61 bits per heavy atom. The van der Waals surface area contributed by atoms with Gasteiger partial charge in [-0.05, 0) is 0 Å². The average molecular weight is 268 g/mol. The number of benzene rings is 1. The Kier molecular flexibility index (Phi) is 3.63. The zero-order valence-corrected chi connectivity index (χ0v) is 8.52. The van der Waals surface area contributed by atoms with E-state index in [9.17, 15) is 26.3 Å². The van der Waals surface area contributed by atoms with E-state index in [0.717, 1.165) is 0 Å². The van der Waals surface area contributed by atoms with Gasteiger partial charge in [-0.2, -0.15) is 0 Å². The summed E-state index contributed by atoms with van der Waals surface area (Å²) in [7, 11) is 4.74. The van der Waals surface area contributed by atoms with E-state index in [-0.39, 0.29) is 6.07 Å². The maximum atomic E-state index is 12.4. The van der Waals surface area contributed by atoms with Crippen molar-refractivity contribution in [3.05, 3.63) is 29.3 Å². The Morgan fingerprint density at radius 2 is 1.33 bits per heavy atom. The van der Waals surface area contributed by atoms with Crippen molar-refractivity contribution in [1.29, 1.82) is 0 Å². The number of rotatable bonds is 2. The van der Waals surface area contributed by atoms with Crippen molar-refractivity contribution in [2.75, 3.05) is 5.32 Å². The molecule has 0 aliphatic carbocycles. The SMILES string of the molecule is [B]=C(O)Nc1cc(C(F)(F)F)cc(C(F)(F)F)c1. The summed E-state index contributed by atoms with van der Waals surface area (Å²) in [5.74, 6) is -1.01. The first kappa shape index (κ1) is 14.4. The molecule has 9 heteroatoms. The Morgan fingerprint density at radius 1 is 0.944 bits per heavy atom. The molecule has 0 saturated heterocycles. The second kappa shape index (κ2) is 4.54. The zero-order chi connectivity index (χ0) is 14.1. The first-order chi connectivity index (χ1) is 8.00. The number of nitrogens with one attached hydrogen (secondary N) is 1. The van der Waals surface area contributed by atoms with E-state index in [0.29, 0.717) is 12.1 Å². The molecule has 18 heavy (non-hydrogen) atoms. The first-order valence-electron chi connectivity index (χ1n) is 4.38. The average Bonchev–Trinajstić information content (AvgIpc) is 2.13. The van der Waals surface area contributed by atoms with Gasteiger partial charge < -0.3 is 0 Å². The number of aliphatic hydroxyl groups is 1. The van der Waals surface area contributed by atoms with Gasteiger partial charge in [0.05, 0.1) is 0 Å². The number of alkyl halides is 6. The molecular weight excluding hydrogens is 263 g/mol. The van der Waals surface area contributed by atoms with E-state index in [2.05, 4.69) is 0 Å². The maximum absolute atomic E-state index is 12.4. The van der Waals surface area contributed by atoms with E-state index in [1.165, 1.54) is 0 Å². The minimum atomic E-state index is -4.94. The third-order valence-corrected chi connectivity index (χ3v) is 1.86. The fourth-order valence-corrected chi connectivity index (χ4v) is 1.17. The summed E-state index contributed by atoms with van der Waals surface area (Å²) in [5.41, 5.74) is -3.61. The Bertz CT molecular complexity index is 435. The van der Waals surface area contributed by atoms with Gasteiger partial charge in [0.25, 0.3) is 0 Å². The van der Waals surface area contributed by atoms with Crippen LogP contribution in [0.2, 0.25) is 0 Å². The summed E-state index contributed by atoms with van der Waals surface area (Å²) >= 11 is 0. The zero-order valence-electron chi connectivity index (χ0n) is 8.52. The van der Waals surface area contributed by atoms with Crippen LogP contribution in [0.4, 0.5) is 32.0 Å². The van der Waals surface area contributed by atoms with E-state index < -0.39 is 34.9 Å². The molecule has 0 unspecified atom stereocenters. The monoisotopic (exact) mass is 268 g/mol. The van der Waals surface area contributed by atoms with Crippen LogP contribution in [0.3, 0.4) is 0 Å². The van der Waals surface area contributed by atoms with Gasteiger partial charge in [-0.1, -0.05) is 0 Å². The van der Waals surface area contributed by atoms with Crippen LogP contribution in [-0.2, 0) is 12.4 Å². The quantitative estimate of drug-likeness (QED) is 0.638. The molecule has 0 fully saturated rings. The van der Waals surface area contributed by atoms with Gasteiger partial charge in [-0.25, -0.2) is 0 Å². The Hall–Kier alpha value is -1.67. The molecule has 0 spiro atoms. The predicted octanol–water partition coefficient (Wildman–Crippen LogP) is 2.76. The van der Waals surface area contributed by atoms with E-state index in [4.69, 9.17) is 12.6 Å². The van der Waals surface area contributed by atoms with Crippen LogP contribution >= 0.6 is 0 Å². The number of hydrogen-bond acceptors (Lipinski definition) is 2. The van der Waals surface area contributed by atoms with E-state index in [1.807, 2.05) is 0 Å².